The number of carbonyl (C=O) groups is 1. The van der Waals surface area contributed by atoms with Gasteiger partial charge in [0, 0.05) is 5.56 Å². The van der Waals surface area contributed by atoms with Crippen molar-refractivity contribution in [3.63, 3.8) is 0 Å². The first-order valence-corrected chi connectivity index (χ1v) is 6.01. The molecule has 0 aliphatic rings. The average molecular weight is 236 g/mol. The Morgan fingerprint density at radius 3 is 2.76 bits per heavy atom. The number of carbonyl (C=O) groups excluding carboxylic acids is 1. The number of hydrogen-bond donors (Lipinski definition) is 0. The van der Waals surface area contributed by atoms with Crippen molar-refractivity contribution in [2.45, 2.75) is 33.3 Å². The van der Waals surface area contributed by atoms with Gasteiger partial charge in [0.2, 0.25) is 0 Å². The molecule has 3 heteroatoms. The van der Waals surface area contributed by atoms with Crippen molar-refractivity contribution in [1.82, 2.24) is 0 Å². The summed E-state index contributed by atoms with van der Waals surface area (Å²) in [4.78, 5) is 11.8. The van der Waals surface area contributed by atoms with Crippen LogP contribution in [-0.4, -0.2) is 25.1 Å². The Kier molecular flexibility index (Phi) is 5.70. The number of ether oxygens (including phenoxy) is 2. The maximum absolute atomic E-state index is 11.8. The van der Waals surface area contributed by atoms with Gasteiger partial charge in [-0.2, -0.15) is 0 Å². The normalized spacial score (nSPS) is 10.6. The fourth-order valence-electron chi connectivity index (χ4n) is 1.30. The van der Waals surface area contributed by atoms with E-state index in [9.17, 15) is 4.79 Å². The van der Waals surface area contributed by atoms with Crippen LogP contribution in [0.25, 0.3) is 0 Å². The van der Waals surface area contributed by atoms with E-state index in [2.05, 4.69) is 0 Å². The average Bonchev–Trinajstić information content (AvgIpc) is 2.33. The van der Waals surface area contributed by atoms with Crippen LogP contribution in [0, 0.1) is 0 Å². The Morgan fingerprint density at radius 2 is 2.12 bits per heavy atom. The first-order chi connectivity index (χ1) is 8.13. The van der Waals surface area contributed by atoms with Crippen molar-refractivity contribution in [2.75, 3.05) is 13.2 Å². The van der Waals surface area contributed by atoms with E-state index in [0.29, 0.717) is 12.2 Å². The molecule has 0 unspecified atom stereocenters. The number of Topliss-reactive ketones (excluding diaryl/α,β-unsaturated/α-hetero) is 1. The van der Waals surface area contributed by atoms with Crippen LogP contribution in [0.2, 0.25) is 0 Å². The van der Waals surface area contributed by atoms with Gasteiger partial charge in [-0.1, -0.05) is 19.1 Å². The predicted octanol–water partition coefficient (Wildman–Crippen LogP) is 3.08. The zero-order valence-electron chi connectivity index (χ0n) is 10.7. The largest absolute Gasteiger partial charge is 0.494 e. The van der Waals surface area contributed by atoms with Crippen LogP contribution in [0.15, 0.2) is 24.3 Å². The Morgan fingerprint density at radius 1 is 1.35 bits per heavy atom. The van der Waals surface area contributed by atoms with Crippen LogP contribution in [-0.2, 0) is 4.74 Å². The van der Waals surface area contributed by atoms with Gasteiger partial charge in [0.15, 0.2) is 5.78 Å². The number of rotatable bonds is 7. The van der Waals surface area contributed by atoms with E-state index < -0.39 is 0 Å². The molecule has 0 amide bonds. The van der Waals surface area contributed by atoms with Gasteiger partial charge in [-0.25, -0.2) is 0 Å². The first kappa shape index (κ1) is 13.7. The van der Waals surface area contributed by atoms with Gasteiger partial charge in [-0.3, -0.25) is 4.79 Å². The Hall–Kier alpha value is -1.35. The van der Waals surface area contributed by atoms with Gasteiger partial charge in [0.25, 0.3) is 0 Å². The first-order valence-electron chi connectivity index (χ1n) is 6.01. The fraction of sp³-hybridized carbons (Fsp3) is 0.500. The van der Waals surface area contributed by atoms with Crippen molar-refractivity contribution >= 4 is 5.78 Å². The summed E-state index contributed by atoms with van der Waals surface area (Å²) in [6, 6.07) is 7.23. The quantitative estimate of drug-likeness (QED) is 0.682. The minimum Gasteiger partial charge on any atom is -0.494 e. The lowest BCUT2D eigenvalue weighted by Gasteiger charge is -2.08. The highest BCUT2D eigenvalue weighted by Gasteiger charge is 2.08. The zero-order chi connectivity index (χ0) is 12.7. The minimum absolute atomic E-state index is 0.0133. The highest BCUT2D eigenvalue weighted by molar-refractivity contribution is 5.97. The van der Waals surface area contributed by atoms with Crippen LogP contribution >= 0.6 is 0 Å². The molecule has 0 radical (unpaired) electrons. The molecule has 94 valence electrons. The third-order valence-electron chi connectivity index (χ3n) is 2.18. The van der Waals surface area contributed by atoms with Gasteiger partial charge in [0.1, 0.15) is 12.4 Å². The molecule has 1 aromatic carbocycles. The van der Waals surface area contributed by atoms with Crippen molar-refractivity contribution in [2.24, 2.45) is 0 Å². The Bertz CT molecular complexity index is 358. The molecule has 0 aromatic heterocycles. The van der Waals surface area contributed by atoms with E-state index in [-0.39, 0.29) is 18.5 Å². The van der Waals surface area contributed by atoms with Crippen LogP contribution in [0.3, 0.4) is 0 Å². The summed E-state index contributed by atoms with van der Waals surface area (Å²) in [5, 5.41) is 0. The lowest BCUT2D eigenvalue weighted by Crippen LogP contribution is -2.13. The van der Waals surface area contributed by atoms with Gasteiger partial charge in [-0.15, -0.1) is 0 Å². The van der Waals surface area contributed by atoms with E-state index in [1.54, 1.807) is 12.1 Å². The standard InChI is InChI=1S/C14H20O3/c1-4-8-16-13-7-5-6-12(9-13)14(15)10-17-11(2)3/h5-7,9,11H,4,8,10H2,1-3H3. The maximum Gasteiger partial charge on any atom is 0.188 e. The molecule has 3 nitrogen and oxygen atoms in total. The fourth-order valence-corrected chi connectivity index (χ4v) is 1.30. The summed E-state index contributed by atoms with van der Waals surface area (Å²) in [6.07, 6.45) is 1.02. The van der Waals surface area contributed by atoms with Gasteiger partial charge >= 0.3 is 0 Å². The van der Waals surface area contributed by atoms with Crippen molar-refractivity contribution in [3.8, 4) is 5.75 Å². The molecule has 0 aliphatic heterocycles. The second-order valence-electron chi connectivity index (χ2n) is 4.16. The second-order valence-corrected chi connectivity index (χ2v) is 4.16. The monoisotopic (exact) mass is 236 g/mol. The SMILES string of the molecule is CCCOc1cccc(C(=O)COC(C)C)c1. The van der Waals surface area contributed by atoms with E-state index in [0.717, 1.165) is 12.2 Å². The molecule has 0 saturated carbocycles. The van der Waals surface area contributed by atoms with Gasteiger partial charge in [0.05, 0.1) is 12.7 Å². The molecule has 0 spiro atoms. The smallest absolute Gasteiger partial charge is 0.188 e. The summed E-state index contributed by atoms with van der Waals surface area (Å²) in [7, 11) is 0. The van der Waals surface area contributed by atoms with Crippen molar-refractivity contribution < 1.29 is 14.3 Å². The third-order valence-corrected chi connectivity index (χ3v) is 2.18. The molecular weight excluding hydrogens is 216 g/mol. The molecule has 0 aliphatic carbocycles. The molecule has 0 fully saturated rings. The summed E-state index contributed by atoms with van der Waals surface area (Å²) in [6.45, 7) is 6.66. The lowest BCUT2D eigenvalue weighted by molar-refractivity contribution is 0.0584. The Balaban J connectivity index is 2.60. The zero-order valence-corrected chi connectivity index (χ0v) is 10.7. The number of benzene rings is 1. The van der Waals surface area contributed by atoms with Crippen molar-refractivity contribution in [3.05, 3.63) is 29.8 Å². The Labute approximate surface area is 103 Å². The van der Waals surface area contributed by atoms with Crippen molar-refractivity contribution in [1.29, 1.82) is 0 Å². The van der Waals surface area contributed by atoms with Crippen LogP contribution < -0.4 is 4.74 Å². The molecule has 0 bridgehead atoms. The highest BCUT2D eigenvalue weighted by Crippen LogP contribution is 2.14. The molecule has 0 N–H and O–H groups in total. The summed E-state index contributed by atoms with van der Waals surface area (Å²) >= 11 is 0. The van der Waals surface area contributed by atoms with Crippen LogP contribution in [0.4, 0.5) is 0 Å². The van der Waals surface area contributed by atoms with E-state index >= 15 is 0 Å². The molecule has 0 heterocycles. The van der Waals surface area contributed by atoms with E-state index in [1.165, 1.54) is 0 Å². The highest BCUT2D eigenvalue weighted by atomic mass is 16.5. The molecule has 17 heavy (non-hydrogen) atoms. The molecule has 1 aromatic rings. The summed E-state index contributed by atoms with van der Waals surface area (Å²) in [5.41, 5.74) is 0.638. The predicted molar refractivity (Wildman–Crippen MR) is 67.6 cm³/mol. The lowest BCUT2D eigenvalue weighted by atomic mass is 10.1. The van der Waals surface area contributed by atoms with Gasteiger partial charge < -0.3 is 9.47 Å². The molecule has 0 saturated heterocycles. The number of hydrogen-bond acceptors (Lipinski definition) is 3. The van der Waals surface area contributed by atoms with Crippen LogP contribution in [0.1, 0.15) is 37.6 Å². The summed E-state index contributed by atoms with van der Waals surface area (Å²) < 4.78 is 10.8. The molecule has 1 rings (SSSR count). The van der Waals surface area contributed by atoms with Crippen LogP contribution in [0.5, 0.6) is 5.75 Å². The van der Waals surface area contributed by atoms with Gasteiger partial charge in [-0.05, 0) is 32.4 Å². The molecule has 0 atom stereocenters. The van der Waals surface area contributed by atoms with E-state index in [4.69, 9.17) is 9.47 Å². The minimum atomic E-state index is -0.0133. The summed E-state index contributed by atoms with van der Waals surface area (Å²) in [5.74, 6) is 0.725. The number of ketones is 1. The second kappa shape index (κ2) is 7.07. The molecular formula is C14H20O3. The van der Waals surface area contributed by atoms with E-state index in [1.807, 2.05) is 32.9 Å². The topological polar surface area (TPSA) is 35.5 Å². The third kappa shape index (κ3) is 5.00. The maximum atomic E-state index is 11.8.